The second-order valence-electron chi connectivity index (χ2n) is 9.05. The Balaban J connectivity index is 1.51. The number of benzene rings is 2. The molecular weight excluding hydrogens is 527 g/mol. The van der Waals surface area contributed by atoms with Gasteiger partial charge in [-0.25, -0.2) is 13.1 Å². The monoisotopic (exact) mass is 553 g/mol. The fourth-order valence-corrected chi connectivity index (χ4v) is 7.50. The third-order valence-electron chi connectivity index (χ3n) is 6.32. The summed E-state index contributed by atoms with van der Waals surface area (Å²) in [6.45, 7) is 2.77. The predicted molar refractivity (Wildman–Crippen MR) is 151 cm³/mol. The molecule has 7 nitrogen and oxygen atoms in total. The molecule has 1 atom stereocenters. The van der Waals surface area contributed by atoms with Crippen molar-refractivity contribution in [3.8, 4) is 22.7 Å². The summed E-state index contributed by atoms with van der Waals surface area (Å²) in [6, 6.07) is 17.1. The number of thiocarbonyl (C=S) groups is 1. The maximum Gasteiger partial charge on any atom is 0.266 e. The van der Waals surface area contributed by atoms with E-state index in [1.165, 1.54) is 16.7 Å². The number of thioether (sulfide) groups is 1. The molecule has 37 heavy (non-hydrogen) atoms. The Bertz CT molecular complexity index is 1470. The number of hydrogen-bond donors (Lipinski definition) is 0. The zero-order valence-electron chi connectivity index (χ0n) is 20.4. The standard InChI is InChI=1S/C27H27N3O4S3/c1-2-3-13-34-23-11-7-8-19(15-23)25-20(17-29(28-25)21-9-5-4-6-10-21)16-24-26(31)30(27(35)36-24)22-12-14-37(32,33)18-22/h4-11,15-17,22H,2-3,12-14,18H2,1H3. The first-order valence-electron chi connectivity index (χ1n) is 12.2. The van der Waals surface area contributed by atoms with Crippen LogP contribution in [0.15, 0.2) is 65.7 Å². The Morgan fingerprint density at radius 1 is 1.19 bits per heavy atom. The summed E-state index contributed by atoms with van der Waals surface area (Å²) in [6.07, 6.45) is 6.12. The maximum atomic E-state index is 13.4. The highest BCUT2D eigenvalue weighted by atomic mass is 32.2. The molecule has 0 spiro atoms. The SMILES string of the molecule is CCCCOc1cccc(-c2nn(-c3ccccc3)cc2C=C2SC(=S)N(C3CCS(=O)(=O)C3)C2=O)c1. The Hall–Kier alpha value is -2.95. The van der Waals surface area contributed by atoms with Crippen molar-refractivity contribution in [3.05, 3.63) is 71.3 Å². The minimum Gasteiger partial charge on any atom is -0.494 e. The van der Waals surface area contributed by atoms with Crippen molar-refractivity contribution in [3.63, 3.8) is 0 Å². The van der Waals surface area contributed by atoms with Gasteiger partial charge in [-0.05, 0) is 43.2 Å². The van der Waals surface area contributed by atoms with E-state index in [2.05, 4.69) is 6.92 Å². The van der Waals surface area contributed by atoms with E-state index in [0.29, 0.717) is 27.9 Å². The van der Waals surface area contributed by atoms with Crippen LogP contribution in [0.3, 0.4) is 0 Å². The number of nitrogens with zero attached hydrogens (tertiary/aromatic N) is 3. The molecule has 2 fully saturated rings. The van der Waals surface area contributed by atoms with E-state index < -0.39 is 15.9 Å². The first kappa shape index (κ1) is 25.7. The van der Waals surface area contributed by atoms with Crippen LogP contribution in [0, 0.1) is 0 Å². The van der Waals surface area contributed by atoms with Crippen molar-refractivity contribution in [2.24, 2.45) is 0 Å². The Morgan fingerprint density at radius 3 is 2.73 bits per heavy atom. The van der Waals surface area contributed by atoms with Gasteiger partial charge >= 0.3 is 0 Å². The van der Waals surface area contributed by atoms with Gasteiger partial charge in [0.15, 0.2) is 9.84 Å². The molecular formula is C27H27N3O4S3. The van der Waals surface area contributed by atoms with Crippen molar-refractivity contribution in [1.29, 1.82) is 0 Å². The third-order valence-corrected chi connectivity index (χ3v) is 9.40. The van der Waals surface area contributed by atoms with Gasteiger partial charge in [0.2, 0.25) is 0 Å². The predicted octanol–water partition coefficient (Wildman–Crippen LogP) is 5.11. The first-order chi connectivity index (χ1) is 17.8. The maximum absolute atomic E-state index is 13.4. The van der Waals surface area contributed by atoms with Crippen LogP contribution in [-0.4, -0.2) is 57.5 Å². The van der Waals surface area contributed by atoms with Gasteiger partial charge in [0, 0.05) is 17.3 Å². The lowest BCUT2D eigenvalue weighted by molar-refractivity contribution is -0.123. The lowest BCUT2D eigenvalue weighted by atomic mass is 10.1. The number of unbranched alkanes of at least 4 members (excludes halogenated alkanes) is 1. The molecule has 2 aliphatic rings. The van der Waals surface area contributed by atoms with Crippen LogP contribution in [0.4, 0.5) is 0 Å². The average molecular weight is 554 g/mol. The number of carbonyl (C=O) groups excluding carboxylic acids is 1. The van der Waals surface area contributed by atoms with Crippen LogP contribution in [0.25, 0.3) is 23.0 Å². The van der Waals surface area contributed by atoms with Crippen LogP contribution >= 0.6 is 24.0 Å². The van der Waals surface area contributed by atoms with Crippen LogP contribution in [0.5, 0.6) is 5.75 Å². The van der Waals surface area contributed by atoms with E-state index in [0.717, 1.165) is 35.4 Å². The van der Waals surface area contributed by atoms with Gasteiger partial charge in [-0.1, -0.05) is 67.7 Å². The molecule has 0 N–H and O–H groups in total. The molecule has 0 radical (unpaired) electrons. The largest absolute Gasteiger partial charge is 0.494 e. The number of rotatable bonds is 8. The van der Waals surface area contributed by atoms with E-state index in [1.807, 2.05) is 60.8 Å². The summed E-state index contributed by atoms with van der Waals surface area (Å²) in [5.41, 5.74) is 3.22. The van der Waals surface area contributed by atoms with Crippen LogP contribution in [0.2, 0.25) is 0 Å². The lowest BCUT2D eigenvalue weighted by Gasteiger charge is -2.20. The minimum atomic E-state index is -3.15. The summed E-state index contributed by atoms with van der Waals surface area (Å²) in [5, 5.41) is 4.86. The van der Waals surface area contributed by atoms with E-state index in [1.54, 1.807) is 10.8 Å². The molecule has 2 aliphatic heterocycles. The van der Waals surface area contributed by atoms with Gasteiger partial charge in [-0.2, -0.15) is 5.10 Å². The van der Waals surface area contributed by atoms with Gasteiger partial charge in [-0.15, -0.1) is 0 Å². The first-order valence-corrected chi connectivity index (χ1v) is 15.2. The van der Waals surface area contributed by atoms with Crippen molar-refractivity contribution < 1.29 is 17.9 Å². The highest BCUT2D eigenvalue weighted by Gasteiger charge is 2.42. The fourth-order valence-electron chi connectivity index (χ4n) is 4.41. The van der Waals surface area contributed by atoms with E-state index >= 15 is 0 Å². The Morgan fingerprint density at radius 2 is 2.00 bits per heavy atom. The molecule has 0 aliphatic carbocycles. The summed E-state index contributed by atoms with van der Waals surface area (Å²) in [5.74, 6) is 0.541. The minimum absolute atomic E-state index is 0.0469. The number of hydrogen-bond acceptors (Lipinski definition) is 7. The van der Waals surface area contributed by atoms with Gasteiger partial charge in [0.05, 0.1) is 34.7 Å². The average Bonchev–Trinajstić information content (AvgIpc) is 3.55. The molecule has 3 heterocycles. The number of carbonyl (C=O) groups is 1. The van der Waals surface area contributed by atoms with Gasteiger partial charge < -0.3 is 4.74 Å². The number of sulfone groups is 1. The summed E-state index contributed by atoms with van der Waals surface area (Å²) < 4.78 is 32.1. The number of aromatic nitrogens is 2. The molecule has 192 valence electrons. The molecule has 2 aromatic carbocycles. The van der Waals surface area contributed by atoms with Crippen LogP contribution < -0.4 is 4.74 Å². The number of ether oxygens (including phenoxy) is 1. The van der Waals surface area contributed by atoms with Crippen LogP contribution in [0.1, 0.15) is 31.7 Å². The lowest BCUT2D eigenvalue weighted by Crippen LogP contribution is -2.39. The molecule has 0 saturated carbocycles. The normalized spacial score (nSPS) is 20.2. The summed E-state index contributed by atoms with van der Waals surface area (Å²) >= 11 is 6.69. The third kappa shape index (κ3) is 5.66. The summed E-state index contributed by atoms with van der Waals surface area (Å²) in [4.78, 5) is 15.3. The topological polar surface area (TPSA) is 81.5 Å². The highest BCUT2D eigenvalue weighted by Crippen LogP contribution is 2.38. The molecule has 0 bridgehead atoms. The Labute approximate surface area is 226 Å². The molecule has 1 unspecified atom stereocenters. The van der Waals surface area contributed by atoms with Crippen LogP contribution in [-0.2, 0) is 14.6 Å². The fraction of sp³-hybridized carbons (Fsp3) is 0.296. The van der Waals surface area contributed by atoms with E-state index in [4.69, 9.17) is 22.1 Å². The van der Waals surface area contributed by atoms with E-state index in [9.17, 15) is 13.2 Å². The molecule has 1 aromatic heterocycles. The molecule has 10 heteroatoms. The van der Waals surface area contributed by atoms with Crippen molar-refractivity contribution in [1.82, 2.24) is 14.7 Å². The van der Waals surface area contributed by atoms with Gasteiger partial charge in [0.25, 0.3) is 5.91 Å². The highest BCUT2D eigenvalue weighted by molar-refractivity contribution is 8.26. The molecule has 1 amide bonds. The van der Waals surface area contributed by atoms with Crippen molar-refractivity contribution in [2.75, 3.05) is 18.1 Å². The molecule has 3 aromatic rings. The second-order valence-corrected chi connectivity index (χ2v) is 13.0. The van der Waals surface area contributed by atoms with Gasteiger partial charge in [0.1, 0.15) is 15.8 Å². The zero-order valence-corrected chi connectivity index (χ0v) is 22.8. The number of para-hydroxylation sites is 1. The van der Waals surface area contributed by atoms with Crippen molar-refractivity contribution in [2.45, 2.75) is 32.2 Å². The number of amides is 1. The summed E-state index contributed by atoms with van der Waals surface area (Å²) in [7, 11) is -3.15. The Kier molecular flexibility index (Phi) is 7.50. The molecule has 5 rings (SSSR count). The second kappa shape index (κ2) is 10.8. The quantitative estimate of drug-likeness (QED) is 0.218. The van der Waals surface area contributed by atoms with E-state index in [-0.39, 0.29) is 17.4 Å². The smallest absolute Gasteiger partial charge is 0.266 e. The van der Waals surface area contributed by atoms with Gasteiger partial charge in [-0.3, -0.25) is 9.69 Å². The van der Waals surface area contributed by atoms with Crippen molar-refractivity contribution >= 4 is 50.1 Å². The zero-order chi connectivity index (χ0) is 26.0. The molecule has 2 saturated heterocycles.